The van der Waals surface area contributed by atoms with Crippen LogP contribution in [-0.4, -0.2) is 42.6 Å². The molecule has 1 saturated heterocycles. The third kappa shape index (κ3) is 4.98. The van der Waals surface area contributed by atoms with Crippen LogP contribution in [-0.2, 0) is 16.0 Å². The molecule has 126 valence electrons. The minimum absolute atomic E-state index is 0.117. The van der Waals surface area contributed by atoms with Crippen molar-refractivity contribution in [3.63, 3.8) is 0 Å². The zero-order chi connectivity index (χ0) is 17.0. The molecule has 0 aliphatic carbocycles. The highest BCUT2D eigenvalue weighted by Gasteiger charge is 2.33. The molecule has 5 heteroatoms. The second kappa shape index (κ2) is 7.02. The Morgan fingerprint density at radius 2 is 2.04 bits per heavy atom. The van der Waals surface area contributed by atoms with Gasteiger partial charge in [0.15, 0.2) is 0 Å². The molecule has 0 radical (unpaired) electrons. The highest BCUT2D eigenvalue weighted by atomic mass is 16.6. The second-order valence-corrected chi connectivity index (χ2v) is 6.91. The van der Waals surface area contributed by atoms with Crippen molar-refractivity contribution < 1.29 is 19.1 Å². The van der Waals surface area contributed by atoms with Crippen LogP contribution in [0.2, 0.25) is 0 Å². The summed E-state index contributed by atoms with van der Waals surface area (Å²) in [6, 6.07) is 7.52. The maximum atomic E-state index is 12.4. The van der Waals surface area contributed by atoms with Gasteiger partial charge in [0.25, 0.3) is 0 Å². The van der Waals surface area contributed by atoms with Gasteiger partial charge in [-0.1, -0.05) is 12.1 Å². The molecule has 1 unspecified atom stereocenters. The van der Waals surface area contributed by atoms with Gasteiger partial charge < -0.3 is 14.4 Å². The Bertz CT molecular complexity index is 577. The SMILES string of the molecule is COc1cccc(CC(=O)C2CCN(C(=O)OC(C)(C)C)C2)c1. The van der Waals surface area contributed by atoms with Gasteiger partial charge in [0.1, 0.15) is 17.1 Å². The van der Waals surface area contributed by atoms with E-state index in [0.717, 1.165) is 11.3 Å². The maximum absolute atomic E-state index is 12.4. The number of nitrogens with zero attached hydrogens (tertiary/aromatic N) is 1. The van der Waals surface area contributed by atoms with Gasteiger partial charge in [0.05, 0.1) is 7.11 Å². The Kier molecular flexibility index (Phi) is 5.29. The van der Waals surface area contributed by atoms with Crippen molar-refractivity contribution >= 4 is 11.9 Å². The van der Waals surface area contributed by atoms with Crippen LogP contribution in [0, 0.1) is 5.92 Å². The van der Waals surface area contributed by atoms with E-state index >= 15 is 0 Å². The number of ketones is 1. The van der Waals surface area contributed by atoms with Crippen molar-refractivity contribution in [3.05, 3.63) is 29.8 Å². The largest absolute Gasteiger partial charge is 0.497 e. The van der Waals surface area contributed by atoms with E-state index in [9.17, 15) is 9.59 Å². The number of likely N-dealkylation sites (tertiary alicyclic amines) is 1. The number of benzene rings is 1. The number of methoxy groups -OCH3 is 1. The highest BCUT2D eigenvalue weighted by molar-refractivity contribution is 5.84. The first-order chi connectivity index (χ1) is 10.8. The van der Waals surface area contributed by atoms with Crippen LogP contribution in [0.15, 0.2) is 24.3 Å². The molecule has 1 aromatic rings. The molecule has 23 heavy (non-hydrogen) atoms. The fourth-order valence-corrected chi connectivity index (χ4v) is 2.64. The molecular formula is C18H25NO4. The summed E-state index contributed by atoms with van der Waals surface area (Å²) in [5.74, 6) is 0.787. The first kappa shape index (κ1) is 17.3. The Hall–Kier alpha value is -2.04. The van der Waals surface area contributed by atoms with Crippen LogP contribution < -0.4 is 4.74 Å². The number of rotatable bonds is 4. The van der Waals surface area contributed by atoms with E-state index in [2.05, 4.69) is 0 Å². The first-order valence-corrected chi connectivity index (χ1v) is 7.92. The van der Waals surface area contributed by atoms with Gasteiger partial charge in [-0.15, -0.1) is 0 Å². The van der Waals surface area contributed by atoms with Crippen LogP contribution in [0.3, 0.4) is 0 Å². The van der Waals surface area contributed by atoms with Gasteiger partial charge in [-0.2, -0.15) is 0 Å². The predicted octanol–water partition coefficient (Wildman–Crippen LogP) is 3.06. The topological polar surface area (TPSA) is 55.8 Å². The number of ether oxygens (including phenoxy) is 2. The molecule has 2 rings (SSSR count). The summed E-state index contributed by atoms with van der Waals surface area (Å²) >= 11 is 0. The van der Waals surface area contributed by atoms with E-state index in [1.54, 1.807) is 12.0 Å². The molecule has 1 amide bonds. The van der Waals surface area contributed by atoms with Crippen LogP contribution >= 0.6 is 0 Å². The molecule has 0 bridgehead atoms. The predicted molar refractivity (Wildman–Crippen MR) is 87.6 cm³/mol. The Morgan fingerprint density at radius 1 is 1.30 bits per heavy atom. The van der Waals surface area contributed by atoms with Crippen LogP contribution in [0.5, 0.6) is 5.75 Å². The van der Waals surface area contributed by atoms with Crippen LogP contribution in [0.4, 0.5) is 4.79 Å². The lowest BCUT2D eigenvalue weighted by Crippen LogP contribution is -2.36. The zero-order valence-corrected chi connectivity index (χ0v) is 14.3. The minimum Gasteiger partial charge on any atom is -0.497 e. The number of hydrogen-bond acceptors (Lipinski definition) is 4. The van der Waals surface area contributed by atoms with E-state index in [-0.39, 0.29) is 17.8 Å². The molecule has 5 nitrogen and oxygen atoms in total. The van der Waals surface area contributed by atoms with E-state index in [0.29, 0.717) is 25.9 Å². The molecule has 1 fully saturated rings. The fourth-order valence-electron chi connectivity index (χ4n) is 2.64. The zero-order valence-electron chi connectivity index (χ0n) is 14.3. The van der Waals surface area contributed by atoms with E-state index in [4.69, 9.17) is 9.47 Å². The Balaban J connectivity index is 1.90. The lowest BCUT2D eigenvalue weighted by Gasteiger charge is -2.24. The molecule has 1 aliphatic heterocycles. The quantitative estimate of drug-likeness (QED) is 0.856. The van der Waals surface area contributed by atoms with Gasteiger partial charge in [0.2, 0.25) is 0 Å². The summed E-state index contributed by atoms with van der Waals surface area (Å²) in [4.78, 5) is 26.1. The number of carbonyl (C=O) groups excluding carboxylic acids is 2. The molecule has 0 aromatic heterocycles. The van der Waals surface area contributed by atoms with Crippen LogP contribution in [0.25, 0.3) is 0 Å². The standard InChI is InChI=1S/C18H25NO4/c1-18(2,3)23-17(21)19-9-8-14(12-19)16(20)11-13-6-5-7-15(10-13)22-4/h5-7,10,14H,8-9,11-12H2,1-4H3. The van der Waals surface area contributed by atoms with Crippen molar-refractivity contribution in [3.8, 4) is 5.75 Å². The van der Waals surface area contributed by atoms with Gasteiger partial charge in [-0.05, 0) is 44.9 Å². The number of amides is 1. The van der Waals surface area contributed by atoms with Crippen molar-refractivity contribution in [2.45, 2.75) is 39.2 Å². The second-order valence-electron chi connectivity index (χ2n) is 6.91. The molecule has 1 aliphatic rings. The molecule has 0 N–H and O–H groups in total. The van der Waals surface area contributed by atoms with Crippen molar-refractivity contribution in [1.29, 1.82) is 0 Å². The smallest absolute Gasteiger partial charge is 0.410 e. The summed E-state index contributed by atoms with van der Waals surface area (Å²) < 4.78 is 10.5. The third-order valence-electron chi connectivity index (χ3n) is 3.81. The lowest BCUT2D eigenvalue weighted by molar-refractivity contribution is -0.121. The molecule has 0 saturated carbocycles. The first-order valence-electron chi connectivity index (χ1n) is 7.92. The minimum atomic E-state index is -0.514. The Morgan fingerprint density at radius 3 is 2.70 bits per heavy atom. The number of carbonyl (C=O) groups is 2. The van der Waals surface area contributed by atoms with Gasteiger partial charge in [0, 0.05) is 25.4 Å². The van der Waals surface area contributed by atoms with E-state index in [1.807, 2.05) is 45.0 Å². The summed E-state index contributed by atoms with van der Waals surface area (Å²) in [6.07, 6.45) is 0.723. The number of Topliss-reactive ketones (excluding diaryl/α,β-unsaturated/α-hetero) is 1. The summed E-state index contributed by atoms with van der Waals surface area (Å²) in [5, 5.41) is 0. The summed E-state index contributed by atoms with van der Waals surface area (Å²) in [7, 11) is 1.61. The third-order valence-corrected chi connectivity index (χ3v) is 3.81. The molecule has 1 aromatic carbocycles. The van der Waals surface area contributed by atoms with Crippen molar-refractivity contribution in [2.24, 2.45) is 5.92 Å². The maximum Gasteiger partial charge on any atom is 0.410 e. The van der Waals surface area contributed by atoms with Crippen molar-refractivity contribution in [1.82, 2.24) is 4.90 Å². The fraction of sp³-hybridized carbons (Fsp3) is 0.556. The van der Waals surface area contributed by atoms with Gasteiger partial charge >= 0.3 is 6.09 Å². The lowest BCUT2D eigenvalue weighted by atomic mass is 9.97. The average molecular weight is 319 g/mol. The molecular weight excluding hydrogens is 294 g/mol. The normalized spacial score (nSPS) is 17.9. The highest BCUT2D eigenvalue weighted by Crippen LogP contribution is 2.22. The number of hydrogen-bond donors (Lipinski definition) is 0. The van der Waals surface area contributed by atoms with E-state index in [1.165, 1.54) is 0 Å². The van der Waals surface area contributed by atoms with E-state index < -0.39 is 5.60 Å². The molecule has 1 atom stereocenters. The average Bonchev–Trinajstić information content (AvgIpc) is 2.95. The van der Waals surface area contributed by atoms with Gasteiger partial charge in [-0.3, -0.25) is 4.79 Å². The monoisotopic (exact) mass is 319 g/mol. The Labute approximate surface area is 137 Å². The van der Waals surface area contributed by atoms with Gasteiger partial charge in [-0.25, -0.2) is 4.79 Å². The molecule has 1 heterocycles. The van der Waals surface area contributed by atoms with Crippen LogP contribution in [0.1, 0.15) is 32.8 Å². The summed E-state index contributed by atoms with van der Waals surface area (Å²) in [6.45, 7) is 6.53. The summed E-state index contributed by atoms with van der Waals surface area (Å²) in [5.41, 5.74) is 0.421. The molecule has 0 spiro atoms. The van der Waals surface area contributed by atoms with Crippen molar-refractivity contribution in [2.75, 3.05) is 20.2 Å².